The minimum Gasteiger partial charge on any atom is -0.370 e. The Balaban J connectivity index is 0.00000261. The fourth-order valence-corrected chi connectivity index (χ4v) is 3.47. The van der Waals surface area contributed by atoms with E-state index in [-0.39, 0.29) is 29.8 Å². The SMILES string of the molecule is CSCc1cc(F)ccc1CN=C(N)N1CCN(c2ncccn2)CC1.I. The molecule has 9 heteroatoms. The number of benzene rings is 1. The average molecular weight is 502 g/mol. The smallest absolute Gasteiger partial charge is 0.225 e. The number of rotatable bonds is 5. The van der Waals surface area contributed by atoms with E-state index in [0.29, 0.717) is 12.5 Å². The fourth-order valence-electron chi connectivity index (χ4n) is 2.89. The molecule has 6 nitrogen and oxygen atoms in total. The van der Waals surface area contributed by atoms with Gasteiger partial charge in [-0.2, -0.15) is 11.8 Å². The number of halogens is 2. The van der Waals surface area contributed by atoms with Crippen molar-refractivity contribution >= 4 is 47.6 Å². The Labute approximate surface area is 180 Å². The molecule has 0 radical (unpaired) electrons. The summed E-state index contributed by atoms with van der Waals surface area (Å²) < 4.78 is 13.4. The van der Waals surface area contributed by atoms with Crippen molar-refractivity contribution in [3.63, 3.8) is 0 Å². The van der Waals surface area contributed by atoms with Crippen molar-refractivity contribution in [3.8, 4) is 0 Å². The molecule has 2 N–H and O–H groups in total. The minimum atomic E-state index is -0.214. The first-order chi connectivity index (χ1) is 12.7. The molecule has 2 heterocycles. The number of thioether (sulfide) groups is 1. The van der Waals surface area contributed by atoms with Crippen molar-refractivity contribution in [2.24, 2.45) is 10.7 Å². The maximum Gasteiger partial charge on any atom is 0.225 e. The third kappa shape index (κ3) is 5.93. The van der Waals surface area contributed by atoms with Gasteiger partial charge in [-0.15, -0.1) is 24.0 Å². The number of aliphatic imine (C=N–C) groups is 1. The largest absolute Gasteiger partial charge is 0.370 e. The second-order valence-corrected chi connectivity index (χ2v) is 6.91. The molecular formula is C18H24FIN6S. The molecule has 0 amide bonds. The topological polar surface area (TPSA) is 70.6 Å². The zero-order valence-electron chi connectivity index (χ0n) is 15.2. The number of hydrogen-bond acceptors (Lipinski definition) is 5. The Bertz CT molecular complexity index is 753. The van der Waals surface area contributed by atoms with Crippen molar-refractivity contribution in [2.45, 2.75) is 12.3 Å². The van der Waals surface area contributed by atoms with Gasteiger partial charge in [-0.25, -0.2) is 19.4 Å². The molecule has 1 aliphatic rings. The summed E-state index contributed by atoms with van der Waals surface area (Å²) in [5.74, 6) is 1.82. The van der Waals surface area contributed by atoms with E-state index in [4.69, 9.17) is 5.73 Å². The van der Waals surface area contributed by atoms with Crippen LogP contribution in [0, 0.1) is 5.82 Å². The zero-order chi connectivity index (χ0) is 18.4. The van der Waals surface area contributed by atoms with Gasteiger partial charge in [-0.1, -0.05) is 6.07 Å². The van der Waals surface area contributed by atoms with Gasteiger partial charge in [0.1, 0.15) is 5.82 Å². The van der Waals surface area contributed by atoms with Gasteiger partial charge >= 0.3 is 0 Å². The van der Waals surface area contributed by atoms with Gasteiger partial charge in [0.05, 0.1) is 6.54 Å². The van der Waals surface area contributed by atoms with E-state index in [1.165, 1.54) is 6.07 Å². The average Bonchev–Trinajstić information content (AvgIpc) is 2.68. The first kappa shape index (κ1) is 21.7. The standard InChI is InChI=1S/C18H23FN6S.HI/c1-26-13-15-11-16(19)4-3-14(15)12-23-17(20)24-7-9-25(10-8-24)18-21-5-2-6-22-18;/h2-6,11H,7-10,12-13H2,1H3,(H2,20,23);1H. The molecule has 1 aromatic carbocycles. The van der Waals surface area contributed by atoms with Crippen LogP contribution in [0.1, 0.15) is 11.1 Å². The van der Waals surface area contributed by atoms with Crippen LogP contribution in [0.3, 0.4) is 0 Å². The second kappa shape index (κ2) is 10.6. The van der Waals surface area contributed by atoms with Crippen LogP contribution in [0.15, 0.2) is 41.7 Å². The van der Waals surface area contributed by atoms with E-state index in [0.717, 1.165) is 49.0 Å². The highest BCUT2D eigenvalue weighted by Crippen LogP contribution is 2.18. The summed E-state index contributed by atoms with van der Waals surface area (Å²) >= 11 is 1.66. The normalized spacial score (nSPS) is 14.8. The van der Waals surface area contributed by atoms with E-state index < -0.39 is 0 Å². The van der Waals surface area contributed by atoms with E-state index >= 15 is 0 Å². The molecule has 0 aliphatic carbocycles. The Morgan fingerprint density at radius 3 is 2.56 bits per heavy atom. The fraction of sp³-hybridized carbons (Fsp3) is 0.389. The first-order valence-corrected chi connectivity index (χ1v) is 9.90. The first-order valence-electron chi connectivity index (χ1n) is 8.50. The van der Waals surface area contributed by atoms with Crippen LogP contribution < -0.4 is 10.6 Å². The molecule has 1 aromatic heterocycles. The molecule has 27 heavy (non-hydrogen) atoms. The van der Waals surface area contributed by atoms with Crippen molar-refractivity contribution < 1.29 is 4.39 Å². The van der Waals surface area contributed by atoms with Crippen molar-refractivity contribution in [1.29, 1.82) is 0 Å². The van der Waals surface area contributed by atoms with Crippen LogP contribution in [0.4, 0.5) is 10.3 Å². The number of nitrogens with zero attached hydrogens (tertiary/aromatic N) is 5. The van der Waals surface area contributed by atoms with Crippen molar-refractivity contribution in [3.05, 3.63) is 53.6 Å². The lowest BCUT2D eigenvalue weighted by molar-refractivity contribution is 0.378. The molecule has 0 unspecified atom stereocenters. The predicted molar refractivity (Wildman–Crippen MR) is 120 cm³/mol. The predicted octanol–water partition coefficient (Wildman–Crippen LogP) is 2.73. The summed E-state index contributed by atoms with van der Waals surface area (Å²) in [6.45, 7) is 3.61. The third-order valence-electron chi connectivity index (χ3n) is 4.32. The number of aromatic nitrogens is 2. The highest BCUT2D eigenvalue weighted by atomic mass is 127. The molecular weight excluding hydrogens is 478 g/mol. The molecule has 0 saturated carbocycles. The summed E-state index contributed by atoms with van der Waals surface area (Å²) in [4.78, 5) is 17.3. The lowest BCUT2D eigenvalue weighted by Crippen LogP contribution is -2.51. The van der Waals surface area contributed by atoms with E-state index in [1.54, 1.807) is 36.3 Å². The van der Waals surface area contributed by atoms with Gasteiger partial charge in [-0.3, -0.25) is 0 Å². The Morgan fingerprint density at radius 1 is 1.19 bits per heavy atom. The van der Waals surface area contributed by atoms with Crippen molar-refractivity contribution in [1.82, 2.24) is 14.9 Å². The molecule has 3 rings (SSSR count). The number of piperazine rings is 1. The highest BCUT2D eigenvalue weighted by molar-refractivity contribution is 14.0. The number of hydrogen-bond donors (Lipinski definition) is 1. The maximum atomic E-state index is 13.4. The Hall–Kier alpha value is -1.62. The van der Waals surface area contributed by atoms with E-state index in [2.05, 4.69) is 24.8 Å². The molecule has 1 aliphatic heterocycles. The number of nitrogens with two attached hydrogens (primary N) is 1. The van der Waals surface area contributed by atoms with Crippen LogP contribution in [0.25, 0.3) is 0 Å². The summed E-state index contributed by atoms with van der Waals surface area (Å²) in [5.41, 5.74) is 8.17. The van der Waals surface area contributed by atoms with Crippen LogP contribution in [0.5, 0.6) is 0 Å². The monoisotopic (exact) mass is 502 g/mol. The van der Waals surface area contributed by atoms with Gasteiger partial charge in [0, 0.05) is 44.3 Å². The van der Waals surface area contributed by atoms with Gasteiger partial charge in [-0.05, 0) is 35.6 Å². The minimum absolute atomic E-state index is 0. The van der Waals surface area contributed by atoms with Crippen LogP contribution in [-0.4, -0.2) is 53.3 Å². The quantitative estimate of drug-likeness (QED) is 0.385. The Morgan fingerprint density at radius 2 is 1.89 bits per heavy atom. The summed E-state index contributed by atoms with van der Waals surface area (Å²) in [5, 5.41) is 0. The molecule has 1 fully saturated rings. The van der Waals surface area contributed by atoms with E-state index in [1.807, 2.05) is 12.3 Å². The van der Waals surface area contributed by atoms with Crippen LogP contribution in [-0.2, 0) is 12.3 Å². The maximum absolute atomic E-state index is 13.4. The summed E-state index contributed by atoms with van der Waals surface area (Å²) in [6.07, 6.45) is 5.50. The van der Waals surface area contributed by atoms with Gasteiger partial charge in [0.2, 0.25) is 5.95 Å². The second-order valence-electron chi connectivity index (χ2n) is 6.04. The molecule has 0 bridgehead atoms. The van der Waals surface area contributed by atoms with Crippen LogP contribution >= 0.6 is 35.7 Å². The lowest BCUT2D eigenvalue weighted by Gasteiger charge is -2.35. The molecule has 1 saturated heterocycles. The molecule has 0 spiro atoms. The highest BCUT2D eigenvalue weighted by Gasteiger charge is 2.19. The van der Waals surface area contributed by atoms with Gasteiger partial charge in [0.25, 0.3) is 0 Å². The van der Waals surface area contributed by atoms with Crippen LogP contribution in [0.2, 0.25) is 0 Å². The Kier molecular flexibility index (Phi) is 8.55. The van der Waals surface area contributed by atoms with Gasteiger partial charge in [0.15, 0.2) is 5.96 Å². The van der Waals surface area contributed by atoms with Gasteiger partial charge < -0.3 is 15.5 Å². The summed E-state index contributed by atoms with van der Waals surface area (Å²) in [6, 6.07) is 6.66. The summed E-state index contributed by atoms with van der Waals surface area (Å²) in [7, 11) is 0. The lowest BCUT2D eigenvalue weighted by atomic mass is 10.1. The third-order valence-corrected chi connectivity index (χ3v) is 4.92. The number of anilines is 1. The van der Waals surface area contributed by atoms with Crippen molar-refractivity contribution in [2.75, 3.05) is 37.3 Å². The van der Waals surface area contributed by atoms with E-state index in [9.17, 15) is 4.39 Å². The molecule has 0 atom stereocenters. The zero-order valence-corrected chi connectivity index (χ0v) is 18.4. The molecule has 2 aromatic rings. The molecule has 146 valence electrons. The number of guanidine groups is 1.